The molecule has 4 aromatic carbocycles. The van der Waals surface area contributed by atoms with E-state index in [1.54, 1.807) is 36.4 Å². The van der Waals surface area contributed by atoms with Gasteiger partial charge in [0.1, 0.15) is 13.2 Å². The number of nitrogens with zero attached hydrogens (tertiary/aromatic N) is 1. The number of esters is 1. The Balaban J connectivity index is 1.82. The lowest BCUT2D eigenvalue weighted by molar-refractivity contribution is -0.143. The highest BCUT2D eigenvalue weighted by Crippen LogP contribution is 2.35. The van der Waals surface area contributed by atoms with Crippen molar-refractivity contribution in [1.82, 2.24) is 0 Å². The van der Waals surface area contributed by atoms with Gasteiger partial charge in [-0.05, 0) is 48.0 Å². The van der Waals surface area contributed by atoms with Crippen molar-refractivity contribution < 1.29 is 32.2 Å². The van der Waals surface area contributed by atoms with E-state index < -0.39 is 28.3 Å². The summed E-state index contributed by atoms with van der Waals surface area (Å²) >= 11 is 12.5. The van der Waals surface area contributed by atoms with Crippen molar-refractivity contribution in [2.75, 3.05) is 25.1 Å². The Morgan fingerprint density at radius 3 is 2.15 bits per heavy atom. The average Bonchev–Trinajstić information content (AvgIpc) is 2.99. The maximum atomic E-state index is 14.1. The van der Waals surface area contributed by atoms with Crippen LogP contribution in [0.15, 0.2) is 95.9 Å². The highest BCUT2D eigenvalue weighted by molar-refractivity contribution is 7.92. The summed E-state index contributed by atoms with van der Waals surface area (Å²) in [5.41, 5.74) is 0.681. The summed E-state index contributed by atoms with van der Waals surface area (Å²) < 4.78 is 45.0. The fourth-order valence-electron chi connectivity index (χ4n) is 4.00. The van der Waals surface area contributed by atoms with Crippen LogP contribution >= 0.6 is 23.2 Å². The number of anilines is 1. The molecule has 4 aromatic rings. The third-order valence-electron chi connectivity index (χ3n) is 6.05. The third-order valence-corrected chi connectivity index (χ3v) is 8.37. The molecule has 11 heteroatoms. The first-order valence-electron chi connectivity index (χ1n) is 12.2. The molecule has 0 N–H and O–H groups in total. The van der Waals surface area contributed by atoms with Crippen molar-refractivity contribution in [3.63, 3.8) is 0 Å². The van der Waals surface area contributed by atoms with Crippen molar-refractivity contribution in [2.45, 2.75) is 11.5 Å². The van der Waals surface area contributed by atoms with E-state index in [0.29, 0.717) is 5.75 Å². The van der Waals surface area contributed by atoms with Crippen LogP contribution < -0.4 is 13.8 Å². The number of halogens is 2. The van der Waals surface area contributed by atoms with Gasteiger partial charge in [-0.2, -0.15) is 0 Å². The molecule has 0 saturated carbocycles. The molecule has 0 saturated heterocycles. The maximum absolute atomic E-state index is 14.1. The number of carbonyl (C=O) groups excluding carboxylic acids is 2. The van der Waals surface area contributed by atoms with Crippen LogP contribution in [0.2, 0.25) is 10.0 Å². The summed E-state index contributed by atoms with van der Waals surface area (Å²) in [5.74, 6) is -0.965. The number of hydrogen-bond donors (Lipinski definition) is 0. The molecule has 0 unspecified atom stereocenters. The van der Waals surface area contributed by atoms with Crippen LogP contribution in [0.4, 0.5) is 5.69 Å². The second kappa shape index (κ2) is 13.1. The fraction of sp³-hybridized carbons (Fsp3) is 0.133. The number of carbonyl (C=O) groups is 2. The number of methoxy groups -OCH3 is 2. The number of ketones is 1. The number of hydrogen-bond acceptors (Lipinski definition) is 7. The largest absolute Gasteiger partial charge is 0.493 e. The van der Waals surface area contributed by atoms with Gasteiger partial charge in [-0.15, -0.1) is 0 Å². The zero-order chi connectivity index (χ0) is 29.6. The van der Waals surface area contributed by atoms with Crippen molar-refractivity contribution in [3.8, 4) is 11.5 Å². The summed E-state index contributed by atoms with van der Waals surface area (Å²) in [7, 11) is -1.70. The molecule has 0 aliphatic heterocycles. The quantitative estimate of drug-likeness (QED) is 0.147. The molecule has 0 bridgehead atoms. The van der Waals surface area contributed by atoms with Gasteiger partial charge in [0.25, 0.3) is 10.0 Å². The van der Waals surface area contributed by atoms with Gasteiger partial charge < -0.3 is 14.2 Å². The molecule has 0 amide bonds. The molecule has 8 nitrogen and oxygen atoms in total. The van der Waals surface area contributed by atoms with Gasteiger partial charge in [-0.25, -0.2) is 8.42 Å². The Labute approximate surface area is 248 Å². The van der Waals surface area contributed by atoms with Crippen LogP contribution in [0.3, 0.4) is 0 Å². The highest BCUT2D eigenvalue weighted by atomic mass is 35.5. The number of ether oxygens (including phenoxy) is 3. The van der Waals surface area contributed by atoms with Crippen molar-refractivity contribution in [3.05, 3.63) is 118 Å². The summed E-state index contributed by atoms with van der Waals surface area (Å²) in [6, 6.07) is 23.4. The van der Waals surface area contributed by atoms with E-state index in [2.05, 4.69) is 0 Å². The van der Waals surface area contributed by atoms with Gasteiger partial charge in [-0.1, -0.05) is 65.7 Å². The molecule has 0 heterocycles. The first kappa shape index (κ1) is 29.9. The first-order valence-corrected chi connectivity index (χ1v) is 14.4. The molecule has 0 aliphatic carbocycles. The van der Waals surface area contributed by atoms with Gasteiger partial charge in [0.15, 0.2) is 17.3 Å². The molecule has 0 spiro atoms. The molecule has 41 heavy (non-hydrogen) atoms. The zero-order valence-electron chi connectivity index (χ0n) is 22.0. The lowest BCUT2D eigenvalue weighted by Gasteiger charge is -2.26. The lowest BCUT2D eigenvalue weighted by Crippen LogP contribution is -2.37. The minimum atomic E-state index is -4.48. The molecular formula is C30H25Cl2NO7S. The van der Waals surface area contributed by atoms with E-state index in [9.17, 15) is 18.0 Å². The summed E-state index contributed by atoms with van der Waals surface area (Å²) in [6.45, 7) is -0.816. The Bertz CT molecular complexity index is 1680. The van der Waals surface area contributed by atoms with Gasteiger partial charge >= 0.3 is 5.97 Å². The highest BCUT2D eigenvalue weighted by Gasteiger charge is 2.32. The second-order valence-corrected chi connectivity index (χ2v) is 11.4. The monoisotopic (exact) mass is 613 g/mol. The van der Waals surface area contributed by atoms with Gasteiger partial charge in [0.05, 0.1) is 29.8 Å². The van der Waals surface area contributed by atoms with E-state index in [-0.39, 0.29) is 44.1 Å². The Morgan fingerprint density at radius 2 is 1.46 bits per heavy atom. The van der Waals surface area contributed by atoms with Crippen LogP contribution in [0, 0.1) is 0 Å². The van der Waals surface area contributed by atoms with Crippen molar-refractivity contribution in [1.29, 1.82) is 0 Å². The minimum absolute atomic E-state index is 0.0735. The SMILES string of the molecule is COc1ccc(S(=O)(=O)N(CC(=O)OCc2ccccc2)c2ccc(Cl)cc2C(=O)c2ccccc2Cl)cc1OC. The number of rotatable bonds is 11. The van der Waals surface area contributed by atoms with E-state index in [1.807, 2.05) is 6.07 Å². The summed E-state index contributed by atoms with van der Waals surface area (Å²) in [6.07, 6.45) is 0. The Kier molecular flexibility index (Phi) is 9.54. The Hall–Kier alpha value is -4.05. The third kappa shape index (κ3) is 6.82. The first-order chi connectivity index (χ1) is 19.6. The number of benzene rings is 4. The minimum Gasteiger partial charge on any atom is -0.493 e. The Morgan fingerprint density at radius 1 is 0.780 bits per heavy atom. The maximum Gasteiger partial charge on any atom is 0.327 e. The predicted octanol–water partition coefficient (Wildman–Crippen LogP) is 6.18. The summed E-state index contributed by atoms with van der Waals surface area (Å²) in [5, 5.41) is 0.347. The van der Waals surface area contributed by atoms with Gasteiger partial charge in [-0.3, -0.25) is 13.9 Å². The number of sulfonamides is 1. The fourth-order valence-corrected chi connectivity index (χ4v) is 5.84. The topological polar surface area (TPSA) is 99.2 Å². The molecule has 212 valence electrons. The van der Waals surface area contributed by atoms with Crippen molar-refractivity contribution in [2.24, 2.45) is 0 Å². The molecule has 0 aliphatic rings. The van der Waals surface area contributed by atoms with E-state index in [0.717, 1.165) is 9.87 Å². The smallest absolute Gasteiger partial charge is 0.327 e. The zero-order valence-corrected chi connectivity index (χ0v) is 24.4. The van der Waals surface area contributed by atoms with E-state index in [1.165, 1.54) is 62.8 Å². The normalized spacial score (nSPS) is 11.0. The molecule has 0 radical (unpaired) electrons. The lowest BCUT2D eigenvalue weighted by atomic mass is 10.0. The predicted molar refractivity (Wildman–Crippen MR) is 157 cm³/mol. The molecule has 0 atom stereocenters. The van der Waals surface area contributed by atoms with Crippen LogP contribution in [0.5, 0.6) is 11.5 Å². The van der Waals surface area contributed by atoms with Gasteiger partial charge in [0, 0.05) is 22.2 Å². The van der Waals surface area contributed by atoms with E-state index in [4.69, 9.17) is 37.4 Å². The van der Waals surface area contributed by atoms with Crippen LogP contribution in [-0.4, -0.2) is 40.9 Å². The van der Waals surface area contributed by atoms with Gasteiger partial charge in [0.2, 0.25) is 0 Å². The average molecular weight is 615 g/mol. The van der Waals surface area contributed by atoms with Crippen molar-refractivity contribution >= 4 is 50.7 Å². The van der Waals surface area contributed by atoms with Crippen LogP contribution in [0.25, 0.3) is 0 Å². The molecular weight excluding hydrogens is 589 g/mol. The van der Waals surface area contributed by atoms with E-state index >= 15 is 0 Å². The molecule has 0 aromatic heterocycles. The second-order valence-electron chi connectivity index (χ2n) is 8.65. The molecule has 4 rings (SSSR count). The molecule has 0 fully saturated rings. The summed E-state index contributed by atoms with van der Waals surface area (Å²) in [4.78, 5) is 26.5. The standard InChI is InChI=1S/C30H25Cl2NO7S/c1-38-27-15-13-22(17-28(27)39-2)41(36,37)33(18-29(34)40-19-20-8-4-3-5-9-20)26-14-12-21(31)16-24(26)30(35)23-10-6-7-11-25(23)32/h3-17H,18-19H2,1-2H3. The van der Waals surface area contributed by atoms with Crippen LogP contribution in [0.1, 0.15) is 21.5 Å². The van der Waals surface area contributed by atoms with Crippen LogP contribution in [-0.2, 0) is 26.2 Å².